The Morgan fingerprint density at radius 1 is 1.68 bits per heavy atom. The molecule has 1 aliphatic rings. The Kier molecular flexibility index (Phi) is 3.67. The minimum atomic E-state index is -1.27. The van der Waals surface area contributed by atoms with Crippen LogP contribution in [0.1, 0.15) is 6.23 Å². The second-order valence-corrected chi connectivity index (χ2v) is 3.98. The van der Waals surface area contributed by atoms with Gasteiger partial charge in [-0.15, -0.1) is 0 Å². The molecule has 1 saturated heterocycles. The van der Waals surface area contributed by atoms with Gasteiger partial charge >= 0.3 is 5.69 Å². The Morgan fingerprint density at radius 2 is 2.42 bits per heavy atom. The van der Waals surface area contributed by atoms with Crippen LogP contribution in [0, 0.1) is 0 Å². The normalized spacial score (nSPS) is 30.0. The number of nitrogen functional groups attached to an aromatic ring is 1. The second-order valence-electron chi connectivity index (χ2n) is 3.98. The van der Waals surface area contributed by atoms with Crippen LogP contribution in [0.15, 0.2) is 22.2 Å². The SMILES string of the molecule is [N-]=[N+]=NC1[C@@H](CO)O[C@@H](n2ccc(N)nc2=O)[C@H]1O. The van der Waals surface area contributed by atoms with Crippen LogP contribution in [0.2, 0.25) is 0 Å². The van der Waals surface area contributed by atoms with Crippen molar-refractivity contribution in [1.29, 1.82) is 0 Å². The number of nitrogens with two attached hydrogens (primary N) is 1. The minimum absolute atomic E-state index is 0.0408. The molecule has 0 aromatic carbocycles. The van der Waals surface area contributed by atoms with Crippen LogP contribution in [0.3, 0.4) is 0 Å². The lowest BCUT2D eigenvalue weighted by atomic mass is 10.1. The summed E-state index contributed by atoms with van der Waals surface area (Å²) in [5, 5.41) is 22.5. The first-order valence-electron chi connectivity index (χ1n) is 5.41. The van der Waals surface area contributed by atoms with E-state index in [2.05, 4.69) is 15.0 Å². The number of nitrogens with zero attached hydrogens (tertiary/aromatic N) is 5. The van der Waals surface area contributed by atoms with Gasteiger partial charge in [-0.05, 0) is 11.6 Å². The average molecular weight is 268 g/mol. The van der Waals surface area contributed by atoms with Gasteiger partial charge in [-0.1, -0.05) is 5.11 Å². The van der Waals surface area contributed by atoms with Crippen molar-refractivity contribution in [3.05, 3.63) is 33.2 Å². The van der Waals surface area contributed by atoms with Gasteiger partial charge < -0.3 is 20.7 Å². The molecule has 1 aromatic rings. The first kappa shape index (κ1) is 13.3. The number of aromatic nitrogens is 2. The third-order valence-electron chi connectivity index (χ3n) is 2.83. The summed E-state index contributed by atoms with van der Waals surface area (Å²) >= 11 is 0. The second kappa shape index (κ2) is 5.24. The topological polar surface area (TPSA) is 159 Å². The van der Waals surface area contributed by atoms with Crippen LogP contribution >= 0.6 is 0 Å². The molecule has 0 aliphatic carbocycles. The maximum Gasteiger partial charge on any atom is 0.351 e. The van der Waals surface area contributed by atoms with Crippen LogP contribution < -0.4 is 11.4 Å². The van der Waals surface area contributed by atoms with Gasteiger partial charge in [-0.3, -0.25) is 4.57 Å². The van der Waals surface area contributed by atoms with E-state index in [1.165, 1.54) is 12.3 Å². The molecule has 0 bridgehead atoms. The molecule has 1 fully saturated rings. The highest BCUT2D eigenvalue weighted by Gasteiger charge is 2.44. The third-order valence-corrected chi connectivity index (χ3v) is 2.83. The van der Waals surface area contributed by atoms with Gasteiger partial charge in [0, 0.05) is 11.1 Å². The number of rotatable bonds is 3. The summed E-state index contributed by atoms with van der Waals surface area (Å²) in [6.07, 6.45) is -1.93. The third kappa shape index (κ3) is 2.37. The quantitative estimate of drug-likeness (QED) is 0.353. The number of hydrogen-bond acceptors (Lipinski definition) is 7. The van der Waals surface area contributed by atoms with E-state index >= 15 is 0 Å². The molecule has 10 nitrogen and oxygen atoms in total. The highest BCUT2D eigenvalue weighted by Crippen LogP contribution is 2.30. The number of aliphatic hydroxyl groups excluding tert-OH is 2. The summed E-state index contributed by atoms with van der Waals surface area (Å²) in [6.45, 7) is -0.450. The van der Waals surface area contributed by atoms with Gasteiger partial charge in [-0.2, -0.15) is 4.98 Å². The van der Waals surface area contributed by atoms with Crippen molar-refractivity contribution in [1.82, 2.24) is 9.55 Å². The van der Waals surface area contributed by atoms with E-state index in [1.807, 2.05) is 0 Å². The molecular weight excluding hydrogens is 256 g/mol. The summed E-state index contributed by atoms with van der Waals surface area (Å²) in [5.41, 5.74) is 13.1. The molecule has 0 radical (unpaired) electrons. The summed E-state index contributed by atoms with van der Waals surface area (Å²) < 4.78 is 6.34. The fourth-order valence-electron chi connectivity index (χ4n) is 1.93. The standard InChI is InChI=1S/C9H12N6O4/c10-5-1-2-15(9(18)12-5)8-7(17)6(13-14-11)4(3-16)19-8/h1-2,4,6-8,16-17H,3H2,(H2,10,12,18)/t4-,6?,7+,8-/m1/s1. The maximum absolute atomic E-state index is 11.6. The van der Waals surface area contributed by atoms with Crippen LogP contribution in [-0.4, -0.2) is 44.6 Å². The molecule has 102 valence electrons. The molecule has 10 heteroatoms. The summed E-state index contributed by atoms with van der Waals surface area (Å²) in [4.78, 5) is 17.7. The maximum atomic E-state index is 11.6. The van der Waals surface area contributed by atoms with Gasteiger partial charge in [0.05, 0.1) is 18.8 Å². The predicted molar refractivity (Wildman–Crippen MR) is 62.8 cm³/mol. The molecule has 19 heavy (non-hydrogen) atoms. The van der Waals surface area contributed by atoms with Crippen molar-refractivity contribution < 1.29 is 14.9 Å². The van der Waals surface area contributed by atoms with Crippen LogP contribution in [0.4, 0.5) is 5.82 Å². The van der Waals surface area contributed by atoms with Crippen molar-refractivity contribution in [3.8, 4) is 0 Å². The number of hydrogen-bond donors (Lipinski definition) is 3. The Bertz CT molecular complexity index is 568. The Balaban J connectivity index is 2.36. The van der Waals surface area contributed by atoms with E-state index in [0.29, 0.717) is 0 Å². The van der Waals surface area contributed by atoms with Gasteiger partial charge in [0.25, 0.3) is 0 Å². The monoisotopic (exact) mass is 268 g/mol. The first-order valence-corrected chi connectivity index (χ1v) is 5.41. The lowest BCUT2D eigenvalue weighted by molar-refractivity contribution is -0.0531. The van der Waals surface area contributed by atoms with E-state index in [0.717, 1.165) is 4.57 Å². The van der Waals surface area contributed by atoms with Crippen LogP contribution in [-0.2, 0) is 4.74 Å². The van der Waals surface area contributed by atoms with Gasteiger partial charge in [0.15, 0.2) is 6.23 Å². The molecule has 2 heterocycles. The molecule has 0 spiro atoms. The molecule has 4 atom stereocenters. The zero-order valence-electron chi connectivity index (χ0n) is 9.70. The average Bonchev–Trinajstić information content (AvgIpc) is 2.68. The molecule has 0 amide bonds. The lowest BCUT2D eigenvalue weighted by Crippen LogP contribution is -2.35. The Morgan fingerprint density at radius 3 is 3.00 bits per heavy atom. The van der Waals surface area contributed by atoms with E-state index in [-0.39, 0.29) is 5.82 Å². The number of ether oxygens (including phenoxy) is 1. The summed E-state index contributed by atoms with van der Waals surface area (Å²) in [6, 6.07) is 0.385. The minimum Gasteiger partial charge on any atom is -0.394 e. The Hall–Kier alpha value is -2.13. The van der Waals surface area contributed by atoms with Crippen LogP contribution in [0.25, 0.3) is 10.4 Å². The first-order chi connectivity index (χ1) is 9.08. The highest BCUT2D eigenvalue weighted by molar-refractivity contribution is 5.23. The van der Waals surface area contributed by atoms with Crippen molar-refractivity contribution >= 4 is 5.82 Å². The highest BCUT2D eigenvalue weighted by atomic mass is 16.5. The molecule has 1 unspecified atom stereocenters. The molecule has 1 aromatic heterocycles. The molecular formula is C9H12N6O4. The number of anilines is 1. The van der Waals surface area contributed by atoms with Crippen molar-refractivity contribution in [2.75, 3.05) is 12.3 Å². The summed E-state index contributed by atoms with van der Waals surface area (Å²) in [7, 11) is 0. The van der Waals surface area contributed by atoms with Gasteiger partial charge in [0.2, 0.25) is 0 Å². The molecule has 2 rings (SSSR count). The largest absolute Gasteiger partial charge is 0.394 e. The predicted octanol–water partition coefficient (Wildman–Crippen LogP) is -1.25. The van der Waals surface area contributed by atoms with E-state index in [4.69, 9.17) is 21.1 Å². The van der Waals surface area contributed by atoms with Crippen molar-refractivity contribution in [2.45, 2.75) is 24.5 Å². The molecule has 1 aliphatic heterocycles. The zero-order chi connectivity index (χ0) is 14.0. The van der Waals surface area contributed by atoms with Gasteiger partial charge in [0.1, 0.15) is 11.9 Å². The zero-order valence-corrected chi connectivity index (χ0v) is 9.70. The number of aliphatic hydroxyl groups is 2. The van der Waals surface area contributed by atoms with E-state index < -0.39 is 36.8 Å². The fourth-order valence-corrected chi connectivity index (χ4v) is 1.93. The molecule has 4 N–H and O–H groups in total. The van der Waals surface area contributed by atoms with E-state index in [1.54, 1.807) is 0 Å². The van der Waals surface area contributed by atoms with Crippen molar-refractivity contribution in [3.63, 3.8) is 0 Å². The lowest BCUT2D eigenvalue weighted by Gasteiger charge is -2.17. The van der Waals surface area contributed by atoms with Crippen molar-refractivity contribution in [2.24, 2.45) is 5.11 Å². The smallest absolute Gasteiger partial charge is 0.351 e. The number of azide groups is 1. The van der Waals surface area contributed by atoms with Crippen LogP contribution in [0.5, 0.6) is 0 Å². The van der Waals surface area contributed by atoms with E-state index in [9.17, 15) is 9.90 Å². The molecule has 0 saturated carbocycles. The van der Waals surface area contributed by atoms with Gasteiger partial charge in [-0.25, -0.2) is 4.79 Å². The summed E-state index contributed by atoms with van der Waals surface area (Å²) in [5.74, 6) is 0.0408. The fraction of sp³-hybridized carbons (Fsp3) is 0.556. The Labute approximate surface area is 106 Å².